The second-order valence-electron chi connectivity index (χ2n) is 3.58. The van der Waals surface area contributed by atoms with Crippen LogP contribution in [-0.4, -0.2) is 10.9 Å². The number of aromatic nitrogens is 1. The number of alkyl halides is 1. The molecule has 1 radical (unpaired) electrons. The summed E-state index contributed by atoms with van der Waals surface area (Å²) >= 11 is 5.71. The fourth-order valence-corrected chi connectivity index (χ4v) is 1.61. The van der Waals surface area contributed by atoms with Gasteiger partial charge in [0.1, 0.15) is 5.52 Å². The van der Waals surface area contributed by atoms with E-state index in [2.05, 4.69) is 11.9 Å². The second-order valence-corrected chi connectivity index (χ2v) is 3.89. The minimum Gasteiger partial charge on any atom is -0.424 e. The molecule has 0 unspecified atom stereocenters. The van der Waals surface area contributed by atoms with Crippen molar-refractivity contribution >= 4 is 28.7 Å². The number of hydrogen-bond acceptors (Lipinski definition) is 3. The maximum Gasteiger partial charge on any atom is 0.292 e. The van der Waals surface area contributed by atoms with Crippen molar-refractivity contribution in [3.05, 3.63) is 30.7 Å². The fraction of sp³-hybridized carbons (Fsp3) is 0.273. The summed E-state index contributed by atoms with van der Waals surface area (Å²) in [5.41, 5.74) is 8.10. The molecule has 0 fully saturated rings. The van der Waals surface area contributed by atoms with E-state index in [9.17, 15) is 0 Å². The summed E-state index contributed by atoms with van der Waals surface area (Å²) in [6.07, 6.45) is 0.839. The van der Waals surface area contributed by atoms with E-state index in [0.717, 1.165) is 17.5 Å². The molecule has 0 spiro atoms. The summed E-state index contributed by atoms with van der Waals surface area (Å²) in [4.78, 5) is 4.06. The van der Waals surface area contributed by atoms with E-state index in [1.807, 2.05) is 18.2 Å². The zero-order valence-electron chi connectivity index (χ0n) is 8.24. The normalized spacial score (nSPS) is 13.2. The smallest absolute Gasteiger partial charge is 0.292 e. The number of oxazole rings is 1. The van der Waals surface area contributed by atoms with E-state index >= 15 is 0 Å². The Kier molecular flexibility index (Phi) is 2.82. The van der Waals surface area contributed by atoms with Crippen LogP contribution in [-0.2, 0) is 6.42 Å². The minimum atomic E-state index is 0.200. The highest BCUT2D eigenvalue weighted by molar-refractivity contribution is 6.18. The summed E-state index contributed by atoms with van der Waals surface area (Å²) in [5, 5.41) is 0. The summed E-state index contributed by atoms with van der Waals surface area (Å²) in [6, 6.07) is 6.01. The van der Waals surface area contributed by atoms with Crippen LogP contribution in [0.5, 0.6) is 0 Å². The van der Waals surface area contributed by atoms with Gasteiger partial charge < -0.3 is 10.2 Å². The van der Waals surface area contributed by atoms with Gasteiger partial charge in [0.25, 0.3) is 6.01 Å². The van der Waals surface area contributed by atoms with Gasteiger partial charge in [0.2, 0.25) is 0 Å². The molecule has 15 heavy (non-hydrogen) atoms. The first kappa shape index (κ1) is 10.3. The molecular weight excluding hydrogens is 212 g/mol. The summed E-state index contributed by atoms with van der Waals surface area (Å²) < 4.78 is 5.18. The number of hydrogen-bond donors (Lipinski definition) is 1. The van der Waals surface area contributed by atoms with Gasteiger partial charge in [-0.15, -0.1) is 11.6 Å². The van der Waals surface area contributed by atoms with Crippen molar-refractivity contribution in [3.8, 4) is 0 Å². The first-order valence-corrected chi connectivity index (χ1v) is 5.26. The monoisotopic (exact) mass is 223 g/mol. The van der Waals surface area contributed by atoms with E-state index in [1.165, 1.54) is 0 Å². The molecule has 0 saturated heterocycles. The van der Waals surface area contributed by atoms with Gasteiger partial charge in [-0.2, -0.15) is 4.98 Å². The second kappa shape index (κ2) is 4.11. The molecule has 2 N–H and O–H groups in total. The van der Waals surface area contributed by atoms with Crippen LogP contribution in [0.25, 0.3) is 11.1 Å². The SMILES string of the molecule is [CH2][C@H](CCl)Cc1ccc2oc(N)nc2c1. The lowest BCUT2D eigenvalue weighted by molar-refractivity contribution is 0.626. The molecular formula is C11H12ClN2O. The molecule has 79 valence electrons. The third-order valence-electron chi connectivity index (χ3n) is 2.21. The molecule has 1 aromatic carbocycles. The fourth-order valence-electron chi connectivity index (χ4n) is 1.51. The summed E-state index contributed by atoms with van der Waals surface area (Å²) in [5.74, 6) is 0.771. The molecule has 0 aliphatic carbocycles. The number of anilines is 1. The topological polar surface area (TPSA) is 52.0 Å². The van der Waals surface area contributed by atoms with Crippen molar-refractivity contribution in [1.29, 1.82) is 0 Å². The molecule has 3 nitrogen and oxygen atoms in total. The summed E-state index contributed by atoms with van der Waals surface area (Å²) in [7, 11) is 0. The molecule has 4 heteroatoms. The summed E-state index contributed by atoms with van der Waals surface area (Å²) in [6.45, 7) is 3.94. The number of rotatable bonds is 3. The lowest BCUT2D eigenvalue weighted by atomic mass is 10.0. The number of nitrogens with zero attached hydrogens (tertiary/aromatic N) is 1. The molecule has 1 aromatic heterocycles. The first-order valence-electron chi connectivity index (χ1n) is 4.73. The maximum absolute atomic E-state index is 5.71. The van der Waals surface area contributed by atoms with E-state index in [1.54, 1.807) is 0 Å². The zero-order valence-corrected chi connectivity index (χ0v) is 9.00. The van der Waals surface area contributed by atoms with Crippen LogP contribution in [0.15, 0.2) is 22.6 Å². The van der Waals surface area contributed by atoms with Crippen molar-refractivity contribution < 1.29 is 4.42 Å². The van der Waals surface area contributed by atoms with Gasteiger partial charge >= 0.3 is 0 Å². The Hall–Kier alpha value is -1.22. The van der Waals surface area contributed by atoms with Crippen molar-refractivity contribution in [2.75, 3.05) is 11.6 Å². The molecule has 1 heterocycles. The number of halogens is 1. The molecule has 2 aromatic rings. The molecule has 0 aliphatic heterocycles. The van der Waals surface area contributed by atoms with Gasteiger partial charge in [0.15, 0.2) is 5.58 Å². The molecule has 0 bridgehead atoms. The molecule has 1 atom stereocenters. The quantitative estimate of drug-likeness (QED) is 0.814. The van der Waals surface area contributed by atoms with Gasteiger partial charge in [-0.25, -0.2) is 0 Å². The largest absolute Gasteiger partial charge is 0.424 e. The van der Waals surface area contributed by atoms with Crippen LogP contribution in [0.4, 0.5) is 6.01 Å². The van der Waals surface area contributed by atoms with Crippen LogP contribution in [0, 0.1) is 12.8 Å². The predicted octanol–water partition coefficient (Wildman–Crippen LogP) is 2.64. The highest BCUT2D eigenvalue weighted by Crippen LogP contribution is 2.20. The Labute approximate surface area is 93.2 Å². The predicted molar refractivity (Wildman–Crippen MR) is 61.7 cm³/mol. The molecule has 0 saturated carbocycles. The highest BCUT2D eigenvalue weighted by atomic mass is 35.5. The van der Waals surface area contributed by atoms with Crippen molar-refractivity contribution in [1.82, 2.24) is 4.98 Å². The average Bonchev–Trinajstić information content (AvgIpc) is 2.57. The molecule has 0 aliphatic rings. The Morgan fingerprint density at radius 2 is 2.33 bits per heavy atom. The Morgan fingerprint density at radius 1 is 1.53 bits per heavy atom. The van der Waals surface area contributed by atoms with E-state index in [4.69, 9.17) is 21.8 Å². The highest BCUT2D eigenvalue weighted by Gasteiger charge is 2.06. The van der Waals surface area contributed by atoms with Gasteiger partial charge in [-0.05, 0) is 37.0 Å². The van der Waals surface area contributed by atoms with Crippen LogP contribution in [0.3, 0.4) is 0 Å². The van der Waals surface area contributed by atoms with Crippen LogP contribution >= 0.6 is 11.6 Å². The van der Waals surface area contributed by atoms with Crippen molar-refractivity contribution in [2.24, 2.45) is 5.92 Å². The van der Waals surface area contributed by atoms with Gasteiger partial charge in [-0.3, -0.25) is 0 Å². The van der Waals surface area contributed by atoms with Crippen molar-refractivity contribution in [2.45, 2.75) is 6.42 Å². The number of fused-ring (bicyclic) bond motifs is 1. The standard InChI is InChI=1S/C11H12ClN2O/c1-7(6-12)4-8-2-3-10-9(5-8)14-11(13)15-10/h2-3,5,7H,1,4,6H2,(H2,13,14)/t7-/m0/s1. The third-order valence-corrected chi connectivity index (χ3v) is 2.65. The molecule has 0 amide bonds. The van der Waals surface area contributed by atoms with Crippen LogP contribution < -0.4 is 5.73 Å². The Bertz CT molecular complexity index is 467. The minimum absolute atomic E-state index is 0.200. The average molecular weight is 224 g/mol. The number of benzene rings is 1. The van der Waals surface area contributed by atoms with Crippen LogP contribution in [0.2, 0.25) is 0 Å². The Balaban J connectivity index is 2.30. The molecule has 2 rings (SSSR count). The number of nitrogens with two attached hydrogens (primary N) is 1. The van der Waals surface area contributed by atoms with E-state index in [-0.39, 0.29) is 11.9 Å². The zero-order chi connectivity index (χ0) is 10.8. The van der Waals surface area contributed by atoms with Crippen LogP contribution in [0.1, 0.15) is 5.56 Å². The van der Waals surface area contributed by atoms with E-state index in [0.29, 0.717) is 11.5 Å². The Morgan fingerprint density at radius 3 is 3.07 bits per heavy atom. The van der Waals surface area contributed by atoms with Gasteiger partial charge in [0, 0.05) is 5.88 Å². The van der Waals surface area contributed by atoms with E-state index < -0.39 is 0 Å². The number of nitrogen functional groups attached to an aromatic ring is 1. The van der Waals surface area contributed by atoms with Gasteiger partial charge in [0.05, 0.1) is 0 Å². The van der Waals surface area contributed by atoms with Gasteiger partial charge in [-0.1, -0.05) is 6.07 Å². The maximum atomic E-state index is 5.71. The lowest BCUT2D eigenvalue weighted by Gasteiger charge is -2.06. The lowest BCUT2D eigenvalue weighted by Crippen LogP contribution is -2.00. The first-order chi connectivity index (χ1) is 7.19. The van der Waals surface area contributed by atoms with Crippen molar-refractivity contribution in [3.63, 3.8) is 0 Å². The third kappa shape index (κ3) is 2.23.